The second-order valence-electron chi connectivity index (χ2n) is 5.32. The van der Waals surface area contributed by atoms with Gasteiger partial charge in [0.2, 0.25) is 0 Å². The minimum Gasteiger partial charge on any atom is -0.394 e. The highest BCUT2D eigenvalue weighted by Crippen LogP contribution is 2.18. The number of benzene rings is 1. The van der Waals surface area contributed by atoms with Gasteiger partial charge < -0.3 is 15.1 Å². The Kier molecular flexibility index (Phi) is 5.32. The zero-order chi connectivity index (χ0) is 15.3. The van der Waals surface area contributed by atoms with Crippen LogP contribution in [0.5, 0.6) is 0 Å². The van der Waals surface area contributed by atoms with Crippen molar-refractivity contribution in [2.45, 2.75) is 26.3 Å². The van der Waals surface area contributed by atoms with Gasteiger partial charge in [-0.3, -0.25) is 4.79 Å². The van der Waals surface area contributed by atoms with E-state index >= 15 is 0 Å². The van der Waals surface area contributed by atoms with Crippen molar-refractivity contribution in [1.29, 1.82) is 0 Å². The van der Waals surface area contributed by atoms with Gasteiger partial charge in [-0.1, -0.05) is 17.9 Å². The first-order valence-electron chi connectivity index (χ1n) is 6.43. The molecule has 0 aliphatic rings. The lowest BCUT2D eigenvalue weighted by Gasteiger charge is -2.34. The number of hydrogen-bond acceptors (Lipinski definition) is 3. The summed E-state index contributed by atoms with van der Waals surface area (Å²) in [6.45, 7) is 5.13. The average molecular weight is 275 g/mol. The summed E-state index contributed by atoms with van der Waals surface area (Å²) in [5, 5.41) is 18.1. The minimum absolute atomic E-state index is 0.113. The number of carbonyl (C=O) groups is 1. The van der Waals surface area contributed by atoms with E-state index in [1.807, 2.05) is 19.1 Å². The van der Waals surface area contributed by atoms with E-state index in [9.17, 15) is 9.90 Å². The van der Waals surface area contributed by atoms with Gasteiger partial charge in [0, 0.05) is 18.2 Å². The van der Waals surface area contributed by atoms with E-state index in [2.05, 4.69) is 11.8 Å². The Morgan fingerprint density at radius 1 is 1.35 bits per heavy atom. The maximum Gasteiger partial charge on any atom is 0.254 e. The van der Waals surface area contributed by atoms with E-state index in [0.717, 1.165) is 5.56 Å². The normalized spacial score (nSPS) is 10.7. The number of carbonyl (C=O) groups excluding carboxylic acids is 1. The summed E-state index contributed by atoms with van der Waals surface area (Å²) in [6, 6.07) is 5.35. The van der Waals surface area contributed by atoms with Gasteiger partial charge in [0.05, 0.1) is 12.1 Å². The summed E-state index contributed by atoms with van der Waals surface area (Å²) >= 11 is 0. The van der Waals surface area contributed by atoms with Crippen molar-refractivity contribution in [2.24, 2.45) is 0 Å². The van der Waals surface area contributed by atoms with Gasteiger partial charge in [-0.2, -0.15) is 0 Å². The molecule has 0 spiro atoms. The number of likely N-dealkylation sites (N-methyl/N-ethyl adjacent to an activating group) is 1. The topological polar surface area (TPSA) is 60.8 Å². The Bertz CT molecular complexity index is 553. The van der Waals surface area contributed by atoms with E-state index in [0.29, 0.717) is 11.1 Å². The number of aliphatic hydroxyl groups is 2. The predicted octanol–water partition coefficient (Wildman–Crippen LogP) is 1.18. The molecule has 4 nitrogen and oxygen atoms in total. The van der Waals surface area contributed by atoms with E-state index in [4.69, 9.17) is 5.11 Å². The fraction of sp³-hybridized carbons (Fsp3) is 0.438. The van der Waals surface area contributed by atoms with E-state index in [-0.39, 0.29) is 19.1 Å². The lowest BCUT2D eigenvalue weighted by atomic mass is 10.00. The molecule has 0 saturated carbocycles. The van der Waals surface area contributed by atoms with Crippen LogP contribution in [-0.2, 0) is 0 Å². The predicted molar refractivity (Wildman–Crippen MR) is 78.4 cm³/mol. The van der Waals surface area contributed by atoms with Crippen LogP contribution in [0.2, 0.25) is 0 Å². The first-order valence-corrected chi connectivity index (χ1v) is 6.43. The molecule has 0 aliphatic carbocycles. The summed E-state index contributed by atoms with van der Waals surface area (Å²) in [5.74, 6) is 5.19. The zero-order valence-electron chi connectivity index (χ0n) is 12.4. The second kappa shape index (κ2) is 6.56. The fourth-order valence-corrected chi connectivity index (χ4v) is 1.63. The van der Waals surface area contributed by atoms with Gasteiger partial charge in [0.25, 0.3) is 5.91 Å². The molecule has 1 rings (SSSR count). The SMILES string of the molecule is Cc1ccc(C#CCO)cc1C(=O)N(C)C(C)(C)CO. The van der Waals surface area contributed by atoms with Crippen LogP contribution < -0.4 is 0 Å². The molecule has 0 bridgehead atoms. The molecule has 108 valence electrons. The molecule has 0 radical (unpaired) electrons. The summed E-state index contributed by atoms with van der Waals surface area (Å²) in [4.78, 5) is 14.0. The second-order valence-corrected chi connectivity index (χ2v) is 5.32. The largest absolute Gasteiger partial charge is 0.394 e. The molecule has 4 heteroatoms. The highest BCUT2D eigenvalue weighted by atomic mass is 16.3. The average Bonchev–Trinajstić information content (AvgIpc) is 2.44. The first kappa shape index (κ1) is 16.2. The molecular formula is C16H21NO3. The van der Waals surface area contributed by atoms with Gasteiger partial charge in [-0.15, -0.1) is 0 Å². The standard InChI is InChI=1S/C16H21NO3/c1-12-7-8-13(6-5-9-18)10-14(12)15(20)17(4)16(2,3)11-19/h7-8,10,18-19H,9,11H2,1-4H3. The van der Waals surface area contributed by atoms with Crippen molar-refractivity contribution in [3.63, 3.8) is 0 Å². The Morgan fingerprint density at radius 3 is 2.55 bits per heavy atom. The van der Waals surface area contributed by atoms with Gasteiger partial charge in [0.1, 0.15) is 6.61 Å². The molecule has 0 atom stereocenters. The number of amides is 1. The van der Waals surface area contributed by atoms with Crippen LogP contribution in [-0.4, -0.2) is 46.8 Å². The van der Waals surface area contributed by atoms with E-state index in [1.165, 1.54) is 4.90 Å². The van der Waals surface area contributed by atoms with Crippen LogP contribution in [0.4, 0.5) is 0 Å². The lowest BCUT2D eigenvalue weighted by molar-refractivity contribution is 0.0472. The number of aliphatic hydroxyl groups excluding tert-OH is 2. The van der Waals surface area contributed by atoms with Gasteiger partial charge in [-0.05, 0) is 38.5 Å². The van der Waals surface area contributed by atoms with Crippen LogP contribution in [0.3, 0.4) is 0 Å². The molecule has 0 aromatic heterocycles. The molecule has 0 heterocycles. The Hall–Kier alpha value is -1.83. The minimum atomic E-state index is -0.629. The molecule has 0 fully saturated rings. The van der Waals surface area contributed by atoms with Gasteiger partial charge in [0.15, 0.2) is 0 Å². The Labute approximate surface area is 120 Å². The maximum absolute atomic E-state index is 12.5. The molecule has 0 aliphatic heterocycles. The highest BCUT2D eigenvalue weighted by Gasteiger charge is 2.28. The van der Waals surface area contributed by atoms with Crippen LogP contribution in [0, 0.1) is 18.8 Å². The monoisotopic (exact) mass is 275 g/mol. The van der Waals surface area contributed by atoms with Crippen LogP contribution >= 0.6 is 0 Å². The molecule has 0 unspecified atom stereocenters. The van der Waals surface area contributed by atoms with Crippen LogP contribution in [0.25, 0.3) is 0 Å². The van der Waals surface area contributed by atoms with Crippen molar-refractivity contribution in [3.8, 4) is 11.8 Å². The number of hydrogen-bond donors (Lipinski definition) is 2. The number of rotatable bonds is 3. The number of aryl methyl sites for hydroxylation is 1. The van der Waals surface area contributed by atoms with Crippen molar-refractivity contribution in [1.82, 2.24) is 4.90 Å². The fourth-order valence-electron chi connectivity index (χ4n) is 1.63. The molecule has 0 saturated heterocycles. The van der Waals surface area contributed by atoms with Gasteiger partial charge in [-0.25, -0.2) is 0 Å². The summed E-state index contributed by atoms with van der Waals surface area (Å²) in [7, 11) is 1.67. The number of nitrogens with zero attached hydrogens (tertiary/aromatic N) is 1. The van der Waals surface area contributed by atoms with Crippen molar-refractivity contribution in [3.05, 3.63) is 34.9 Å². The van der Waals surface area contributed by atoms with Gasteiger partial charge >= 0.3 is 0 Å². The Balaban J connectivity index is 3.15. The third-order valence-corrected chi connectivity index (χ3v) is 3.38. The van der Waals surface area contributed by atoms with Crippen molar-refractivity contribution < 1.29 is 15.0 Å². The summed E-state index contributed by atoms with van der Waals surface area (Å²) < 4.78 is 0. The van der Waals surface area contributed by atoms with Crippen LogP contribution in [0.15, 0.2) is 18.2 Å². The van der Waals surface area contributed by atoms with E-state index in [1.54, 1.807) is 27.0 Å². The summed E-state index contributed by atoms with van der Waals surface area (Å²) in [5.41, 5.74) is 1.46. The molecule has 1 amide bonds. The molecular weight excluding hydrogens is 254 g/mol. The molecule has 1 aromatic rings. The molecule has 1 aromatic carbocycles. The summed E-state index contributed by atoms with van der Waals surface area (Å²) in [6.07, 6.45) is 0. The first-order chi connectivity index (χ1) is 9.33. The van der Waals surface area contributed by atoms with Crippen molar-refractivity contribution in [2.75, 3.05) is 20.3 Å². The maximum atomic E-state index is 12.5. The smallest absolute Gasteiger partial charge is 0.254 e. The quantitative estimate of drug-likeness (QED) is 0.814. The third kappa shape index (κ3) is 3.60. The molecule has 20 heavy (non-hydrogen) atoms. The third-order valence-electron chi connectivity index (χ3n) is 3.38. The van der Waals surface area contributed by atoms with Crippen molar-refractivity contribution >= 4 is 5.91 Å². The van der Waals surface area contributed by atoms with Crippen LogP contribution in [0.1, 0.15) is 35.3 Å². The molecule has 2 N–H and O–H groups in total. The zero-order valence-corrected chi connectivity index (χ0v) is 12.4. The Morgan fingerprint density at radius 2 is 2.00 bits per heavy atom. The highest BCUT2D eigenvalue weighted by molar-refractivity contribution is 5.96. The van der Waals surface area contributed by atoms with E-state index < -0.39 is 5.54 Å². The lowest BCUT2D eigenvalue weighted by Crippen LogP contribution is -2.47.